The van der Waals surface area contributed by atoms with E-state index in [1.807, 2.05) is 0 Å². The van der Waals surface area contributed by atoms with Gasteiger partial charge < -0.3 is 0 Å². The van der Waals surface area contributed by atoms with Gasteiger partial charge in [0.1, 0.15) is 0 Å². The molecule has 0 saturated heterocycles. The molecule has 0 fully saturated rings. The Morgan fingerprint density at radius 2 is 0.732 bits per heavy atom. The molecule has 0 N–H and O–H groups in total. The minimum absolute atomic E-state index is 0.204. The lowest BCUT2D eigenvalue weighted by atomic mass is 10.2. The maximum atomic E-state index is 13.2. The lowest BCUT2D eigenvalue weighted by molar-refractivity contribution is 0.594. The molecule has 1 aromatic heterocycles. The molecule has 226 valence electrons. The number of rotatable bonds is 2. The molecule has 0 unspecified atom stereocenters. The summed E-state index contributed by atoms with van der Waals surface area (Å²) in [6.45, 7) is 0. The van der Waals surface area contributed by atoms with Crippen molar-refractivity contribution in [1.29, 1.82) is 0 Å². The van der Waals surface area contributed by atoms with Crippen LogP contribution in [0.2, 0.25) is 0 Å². The minimum atomic E-state index is -3.75. The van der Waals surface area contributed by atoms with E-state index in [4.69, 9.17) is 104 Å². The molecule has 0 bridgehead atoms. The largest absolute Gasteiger partial charge is 0.250 e. The molecule has 3 aromatic rings. The molecular formula is C20H8Br6Cl9N3O2S. The lowest BCUT2D eigenvalue weighted by Crippen LogP contribution is -2.21. The van der Waals surface area contributed by atoms with Crippen LogP contribution >= 0.6 is 200 Å². The van der Waals surface area contributed by atoms with Gasteiger partial charge in [0.05, 0.1) is 9.79 Å². The summed E-state index contributed by atoms with van der Waals surface area (Å²) < 4.78 is 18.9. The molecule has 1 heterocycles. The van der Waals surface area contributed by atoms with Crippen molar-refractivity contribution >= 4 is 210 Å². The molecule has 5 nitrogen and oxygen atoms in total. The average molecular weight is 1150 g/mol. The molecule has 0 aliphatic carbocycles. The first-order chi connectivity index (χ1) is 18.3. The first-order valence-electron chi connectivity index (χ1n) is 9.82. The van der Waals surface area contributed by atoms with Crippen molar-refractivity contribution in [3.63, 3.8) is 0 Å². The van der Waals surface area contributed by atoms with Crippen LogP contribution in [0, 0.1) is 0 Å². The summed E-state index contributed by atoms with van der Waals surface area (Å²) in [5.74, 6) is -0.986. The molecule has 2 aromatic carbocycles. The van der Waals surface area contributed by atoms with Crippen LogP contribution in [-0.4, -0.2) is 23.4 Å². The topological polar surface area (TPSA) is 72.8 Å². The Morgan fingerprint density at radius 1 is 0.488 bits per heavy atom. The van der Waals surface area contributed by atoms with Crippen molar-refractivity contribution in [2.24, 2.45) is 0 Å². The predicted octanol–water partition coefficient (Wildman–Crippen LogP) is 12.5. The van der Waals surface area contributed by atoms with Gasteiger partial charge in [0.25, 0.3) is 0 Å². The van der Waals surface area contributed by atoms with Crippen LogP contribution in [0.15, 0.2) is 58.3 Å². The number of benzene rings is 2. The highest BCUT2D eigenvalue weighted by molar-refractivity contribution is 9.39. The third-order valence-electron chi connectivity index (χ3n) is 4.36. The van der Waals surface area contributed by atoms with Crippen molar-refractivity contribution in [3.05, 3.63) is 77.1 Å². The van der Waals surface area contributed by atoms with Crippen molar-refractivity contribution in [2.45, 2.75) is 25.5 Å². The number of sulfone groups is 1. The van der Waals surface area contributed by atoms with E-state index in [-0.39, 0.29) is 27.3 Å². The molecule has 0 atom stereocenters. The second kappa shape index (κ2) is 15.0. The van der Waals surface area contributed by atoms with Gasteiger partial charge in [-0.15, -0.1) is 0 Å². The molecule has 0 radical (unpaired) electrons. The Balaban J connectivity index is 0.000000296. The zero-order valence-electron chi connectivity index (χ0n) is 18.9. The normalized spacial score (nSPS) is 13.4. The number of nitrogens with zero attached hydrogens (tertiary/aromatic N) is 3. The number of hydrogen-bond donors (Lipinski definition) is 0. The fraction of sp³-hybridized carbons (Fsp3) is 0.250. The SMILES string of the molecule is ClC(Cl)(Cl)c1nc(C(Cl)(Cl)Cl)nc(C(Cl)(Cl)Cl)n1.O=S(=O)(c1ccccc1C(Br)(Br)Br)c1ccccc1C(Br)(Br)Br. The Kier molecular flexibility index (Phi) is 14.6. The van der Waals surface area contributed by atoms with E-state index in [0.717, 1.165) is 0 Å². The second-order valence-electron chi connectivity index (χ2n) is 7.29. The van der Waals surface area contributed by atoms with Gasteiger partial charge in [-0.1, -0.05) is 236 Å². The summed E-state index contributed by atoms with van der Waals surface area (Å²) in [6, 6.07) is 13.6. The van der Waals surface area contributed by atoms with Gasteiger partial charge in [0.2, 0.25) is 21.2 Å². The van der Waals surface area contributed by atoms with Gasteiger partial charge in [-0.25, -0.2) is 23.4 Å². The van der Waals surface area contributed by atoms with Gasteiger partial charge >= 0.3 is 0 Å². The van der Waals surface area contributed by atoms with E-state index in [0.29, 0.717) is 11.1 Å². The van der Waals surface area contributed by atoms with E-state index in [9.17, 15) is 8.42 Å². The Bertz CT molecular complexity index is 1360. The summed E-state index contributed by atoms with van der Waals surface area (Å²) in [5.41, 5.74) is 1.11. The maximum Gasteiger partial charge on any atom is 0.250 e. The second-order valence-corrected chi connectivity index (χ2v) is 29.5. The molecule has 0 saturated carbocycles. The third kappa shape index (κ3) is 11.5. The van der Waals surface area contributed by atoms with E-state index >= 15 is 0 Å². The molecule has 3 rings (SSSR count). The molecule has 0 spiro atoms. The Labute approximate surface area is 331 Å². The summed E-state index contributed by atoms with van der Waals surface area (Å²) in [7, 11) is -3.75. The number of hydrogen-bond acceptors (Lipinski definition) is 5. The van der Waals surface area contributed by atoms with Crippen molar-refractivity contribution in [2.75, 3.05) is 0 Å². The zero-order chi connectivity index (χ0) is 31.8. The smallest absolute Gasteiger partial charge is 0.218 e. The highest BCUT2D eigenvalue weighted by atomic mass is 80.0. The summed E-state index contributed by atoms with van der Waals surface area (Å²) in [6.07, 6.45) is 0. The molecule has 0 amide bonds. The summed E-state index contributed by atoms with van der Waals surface area (Å²) >= 11 is 71.0. The van der Waals surface area contributed by atoms with Crippen LogP contribution in [0.3, 0.4) is 0 Å². The molecular weight excluding hydrogens is 1140 g/mol. The minimum Gasteiger partial charge on any atom is -0.218 e. The molecule has 41 heavy (non-hydrogen) atoms. The van der Waals surface area contributed by atoms with E-state index in [1.54, 1.807) is 48.5 Å². The van der Waals surface area contributed by atoms with E-state index in [2.05, 4.69) is 111 Å². The van der Waals surface area contributed by atoms with Crippen LogP contribution in [-0.2, 0) is 25.5 Å². The number of aromatic nitrogens is 3. The van der Waals surface area contributed by atoms with Crippen molar-refractivity contribution in [1.82, 2.24) is 15.0 Å². The van der Waals surface area contributed by atoms with Gasteiger partial charge in [0.15, 0.2) is 21.8 Å². The number of halogens is 15. The van der Waals surface area contributed by atoms with Crippen molar-refractivity contribution in [3.8, 4) is 0 Å². The van der Waals surface area contributed by atoms with Crippen LogP contribution in [0.1, 0.15) is 28.6 Å². The quantitative estimate of drug-likeness (QED) is 0.239. The Morgan fingerprint density at radius 3 is 0.951 bits per heavy atom. The van der Waals surface area contributed by atoms with E-state index < -0.39 is 25.5 Å². The van der Waals surface area contributed by atoms with Gasteiger partial charge in [-0.3, -0.25) is 0 Å². The fourth-order valence-corrected chi connectivity index (χ4v) is 8.14. The highest BCUT2D eigenvalue weighted by Gasteiger charge is 2.38. The average Bonchev–Trinajstić information content (AvgIpc) is 2.81. The Hall–Kier alpha value is 2.89. The fourth-order valence-electron chi connectivity index (χ4n) is 2.75. The van der Waals surface area contributed by atoms with Crippen molar-refractivity contribution < 1.29 is 8.42 Å². The predicted molar refractivity (Wildman–Crippen MR) is 193 cm³/mol. The first kappa shape index (κ1) is 40.1. The summed E-state index contributed by atoms with van der Waals surface area (Å²) in [4.78, 5) is 11.5. The molecule has 21 heteroatoms. The van der Waals surface area contributed by atoms with Gasteiger partial charge in [0, 0.05) is 11.1 Å². The standard InChI is InChI=1S/C14H8Br6O2S.C6Cl9N3/c15-13(16,17)9-5-1-3-7-11(9)23(21,22)12-8-4-2-6-10(12)14(18,19)20;7-4(8,9)1-16-2(5(10,11)12)18-3(17-1)6(13,14)15/h1-8H;. The number of alkyl halides is 15. The van der Waals surface area contributed by atoms with Crippen LogP contribution < -0.4 is 0 Å². The molecule has 0 aliphatic rings. The van der Waals surface area contributed by atoms with Gasteiger partial charge in [-0.05, 0) is 12.1 Å². The zero-order valence-corrected chi connectivity index (χ0v) is 36.0. The van der Waals surface area contributed by atoms with Crippen LogP contribution in [0.5, 0.6) is 0 Å². The third-order valence-corrected chi connectivity index (χ3v) is 10.3. The molecule has 0 aliphatic heterocycles. The maximum absolute atomic E-state index is 13.2. The summed E-state index contributed by atoms with van der Waals surface area (Å²) in [5, 5.41) is 0. The van der Waals surface area contributed by atoms with Crippen LogP contribution in [0.25, 0.3) is 0 Å². The van der Waals surface area contributed by atoms with E-state index in [1.165, 1.54) is 0 Å². The van der Waals surface area contributed by atoms with Crippen LogP contribution in [0.4, 0.5) is 0 Å². The van der Waals surface area contributed by atoms with Gasteiger partial charge in [-0.2, -0.15) is 0 Å². The monoisotopic (exact) mass is 1140 g/mol. The lowest BCUT2D eigenvalue weighted by Gasteiger charge is -2.21. The first-order valence-corrected chi connectivity index (χ1v) is 19.5. The highest BCUT2D eigenvalue weighted by Crippen LogP contribution is 2.50.